The van der Waals surface area contributed by atoms with E-state index in [1.165, 1.54) is 17.3 Å². The first kappa shape index (κ1) is 15.1. The van der Waals surface area contributed by atoms with E-state index >= 15 is 0 Å². The molecule has 2 N–H and O–H groups in total. The summed E-state index contributed by atoms with van der Waals surface area (Å²) < 4.78 is 6.36. The molecule has 19 heavy (non-hydrogen) atoms. The molecule has 0 spiro atoms. The molecule has 1 aromatic heterocycles. The molecule has 1 aromatic rings. The molecule has 0 bridgehead atoms. The number of aryl methyl sites for hydroxylation is 1. The van der Waals surface area contributed by atoms with Crippen LogP contribution in [-0.2, 0) is 20.9 Å². The van der Waals surface area contributed by atoms with E-state index in [4.69, 9.17) is 9.84 Å². The zero-order valence-corrected chi connectivity index (χ0v) is 10.8. The van der Waals surface area contributed by atoms with E-state index in [-0.39, 0.29) is 12.3 Å². The van der Waals surface area contributed by atoms with Crippen LogP contribution in [0.15, 0.2) is 12.7 Å². The Kier molecular flexibility index (Phi) is 6.51. The molecule has 0 aliphatic carbocycles. The highest BCUT2D eigenvalue weighted by molar-refractivity contribution is 5.83. The Morgan fingerprint density at radius 3 is 2.89 bits per heavy atom. The molecule has 0 saturated heterocycles. The van der Waals surface area contributed by atoms with Crippen LogP contribution in [0.5, 0.6) is 0 Å². The molecule has 1 rings (SSSR count). The van der Waals surface area contributed by atoms with Gasteiger partial charge in [0, 0.05) is 20.1 Å². The number of carbonyl (C=O) groups is 2. The van der Waals surface area contributed by atoms with Gasteiger partial charge in [0.05, 0.1) is 6.54 Å². The Morgan fingerprint density at radius 1 is 1.53 bits per heavy atom. The maximum atomic E-state index is 11.6. The number of hydrogen-bond acceptors (Lipinski definition) is 5. The number of ether oxygens (including phenoxy) is 1. The average Bonchev–Trinajstić information content (AvgIpc) is 2.88. The fraction of sp³-hybridized carbons (Fsp3) is 0.636. The third-order valence-corrected chi connectivity index (χ3v) is 2.51. The van der Waals surface area contributed by atoms with Crippen molar-refractivity contribution in [2.45, 2.75) is 31.8 Å². The van der Waals surface area contributed by atoms with Gasteiger partial charge >= 0.3 is 5.97 Å². The molecule has 0 aromatic carbocycles. The Labute approximate surface area is 110 Å². The Balaban J connectivity index is 2.32. The van der Waals surface area contributed by atoms with Crippen LogP contribution in [0.25, 0.3) is 0 Å². The first-order valence-corrected chi connectivity index (χ1v) is 5.97. The van der Waals surface area contributed by atoms with E-state index in [2.05, 4.69) is 15.4 Å². The molecule has 106 valence electrons. The fourth-order valence-electron chi connectivity index (χ4n) is 1.52. The summed E-state index contributed by atoms with van der Waals surface area (Å²) in [6, 6.07) is -0.876. The second-order valence-corrected chi connectivity index (χ2v) is 4.00. The van der Waals surface area contributed by atoms with Gasteiger partial charge in [0.15, 0.2) is 0 Å². The minimum absolute atomic E-state index is 0.164. The van der Waals surface area contributed by atoms with Crippen LogP contribution in [-0.4, -0.2) is 51.5 Å². The van der Waals surface area contributed by atoms with Crippen LogP contribution in [0.4, 0.5) is 0 Å². The van der Waals surface area contributed by atoms with Gasteiger partial charge < -0.3 is 15.2 Å². The molecule has 0 fully saturated rings. The van der Waals surface area contributed by atoms with Gasteiger partial charge in [0.25, 0.3) is 0 Å². The lowest BCUT2D eigenvalue weighted by atomic mass is 10.1. The smallest absolute Gasteiger partial charge is 0.326 e. The monoisotopic (exact) mass is 270 g/mol. The Hall–Kier alpha value is -1.96. The molecular weight excluding hydrogens is 252 g/mol. The third-order valence-electron chi connectivity index (χ3n) is 2.51. The molecule has 1 atom stereocenters. The maximum Gasteiger partial charge on any atom is 0.326 e. The highest BCUT2D eigenvalue weighted by Crippen LogP contribution is 1.99. The molecule has 1 amide bonds. The zero-order chi connectivity index (χ0) is 14.1. The molecule has 1 heterocycles. The molecule has 0 aliphatic rings. The van der Waals surface area contributed by atoms with Gasteiger partial charge in [-0.25, -0.2) is 9.78 Å². The van der Waals surface area contributed by atoms with Gasteiger partial charge in [-0.05, 0) is 12.8 Å². The van der Waals surface area contributed by atoms with Crippen LogP contribution < -0.4 is 5.32 Å². The van der Waals surface area contributed by atoms with E-state index in [1.807, 2.05) is 0 Å². The third kappa shape index (κ3) is 5.96. The number of nitrogens with one attached hydrogen (secondary N) is 1. The number of aromatic nitrogens is 3. The van der Waals surface area contributed by atoms with Crippen LogP contribution in [0.3, 0.4) is 0 Å². The number of carboxylic acids is 1. The first-order valence-electron chi connectivity index (χ1n) is 5.97. The van der Waals surface area contributed by atoms with Crippen LogP contribution in [0.2, 0.25) is 0 Å². The van der Waals surface area contributed by atoms with E-state index in [0.29, 0.717) is 26.0 Å². The predicted octanol–water partition coefficient (Wildman–Crippen LogP) is -0.336. The molecule has 0 radical (unpaired) electrons. The van der Waals surface area contributed by atoms with Gasteiger partial charge in [-0.1, -0.05) is 0 Å². The lowest BCUT2D eigenvalue weighted by molar-refractivity contribution is -0.142. The minimum Gasteiger partial charge on any atom is -0.480 e. The fourth-order valence-corrected chi connectivity index (χ4v) is 1.52. The van der Waals surface area contributed by atoms with E-state index < -0.39 is 12.0 Å². The summed E-state index contributed by atoms with van der Waals surface area (Å²) >= 11 is 0. The van der Waals surface area contributed by atoms with E-state index in [9.17, 15) is 9.59 Å². The molecule has 1 unspecified atom stereocenters. The Bertz CT molecular complexity index is 393. The number of amides is 1. The predicted molar refractivity (Wildman–Crippen MR) is 65.3 cm³/mol. The summed E-state index contributed by atoms with van der Waals surface area (Å²) in [7, 11) is 1.55. The van der Waals surface area contributed by atoms with Crippen molar-refractivity contribution >= 4 is 11.9 Å². The average molecular weight is 270 g/mol. The lowest BCUT2D eigenvalue weighted by Crippen LogP contribution is -2.41. The summed E-state index contributed by atoms with van der Waals surface area (Å²) in [5.41, 5.74) is 0. The molecule has 0 saturated carbocycles. The van der Waals surface area contributed by atoms with Gasteiger partial charge in [0.2, 0.25) is 5.91 Å². The number of aliphatic carboxylic acids is 1. The van der Waals surface area contributed by atoms with Gasteiger partial charge in [-0.2, -0.15) is 5.10 Å². The van der Waals surface area contributed by atoms with Crippen molar-refractivity contribution in [1.82, 2.24) is 20.1 Å². The van der Waals surface area contributed by atoms with E-state index in [0.717, 1.165) is 0 Å². The van der Waals surface area contributed by atoms with Crippen molar-refractivity contribution in [3.05, 3.63) is 12.7 Å². The highest BCUT2D eigenvalue weighted by atomic mass is 16.5. The second-order valence-electron chi connectivity index (χ2n) is 4.00. The van der Waals surface area contributed by atoms with Crippen molar-refractivity contribution in [2.24, 2.45) is 0 Å². The molecule has 0 aliphatic heterocycles. The summed E-state index contributed by atoms with van der Waals surface area (Å²) in [4.78, 5) is 26.3. The summed E-state index contributed by atoms with van der Waals surface area (Å²) in [5.74, 6) is -1.36. The SMILES string of the molecule is COCCCC(NC(=O)CCn1cncn1)C(=O)O. The van der Waals surface area contributed by atoms with Gasteiger partial charge in [0.1, 0.15) is 18.7 Å². The zero-order valence-electron chi connectivity index (χ0n) is 10.8. The number of carbonyl (C=O) groups excluding carboxylic acids is 1. The molecular formula is C11H18N4O4. The van der Waals surface area contributed by atoms with Crippen molar-refractivity contribution in [3.8, 4) is 0 Å². The topological polar surface area (TPSA) is 106 Å². The van der Waals surface area contributed by atoms with Gasteiger partial charge in [-0.15, -0.1) is 0 Å². The number of hydrogen-bond donors (Lipinski definition) is 2. The van der Waals surface area contributed by atoms with Crippen LogP contribution in [0, 0.1) is 0 Å². The van der Waals surface area contributed by atoms with Crippen molar-refractivity contribution < 1.29 is 19.4 Å². The quantitative estimate of drug-likeness (QED) is 0.595. The highest BCUT2D eigenvalue weighted by Gasteiger charge is 2.19. The summed E-state index contributed by atoms with van der Waals surface area (Å²) in [5, 5.41) is 15.3. The van der Waals surface area contributed by atoms with Crippen LogP contribution in [0.1, 0.15) is 19.3 Å². The van der Waals surface area contributed by atoms with Crippen LogP contribution >= 0.6 is 0 Å². The number of carboxylic acid groups (broad SMARTS) is 1. The van der Waals surface area contributed by atoms with Gasteiger partial charge in [-0.3, -0.25) is 9.48 Å². The number of nitrogens with zero attached hydrogens (tertiary/aromatic N) is 3. The Morgan fingerprint density at radius 2 is 2.32 bits per heavy atom. The summed E-state index contributed by atoms with van der Waals surface area (Å²) in [6.45, 7) is 0.842. The lowest BCUT2D eigenvalue weighted by Gasteiger charge is -2.14. The summed E-state index contributed by atoms with van der Waals surface area (Å²) in [6.07, 6.45) is 3.97. The first-order chi connectivity index (χ1) is 9.13. The molecule has 8 heteroatoms. The van der Waals surface area contributed by atoms with Crippen molar-refractivity contribution in [1.29, 1.82) is 0 Å². The number of rotatable bonds is 9. The normalized spacial score (nSPS) is 12.1. The van der Waals surface area contributed by atoms with Crippen molar-refractivity contribution in [2.75, 3.05) is 13.7 Å². The molecule has 8 nitrogen and oxygen atoms in total. The standard InChI is InChI=1S/C11H18N4O4/c1-19-6-2-3-9(11(17)18)14-10(16)4-5-15-8-12-7-13-15/h7-9H,2-6H2,1H3,(H,14,16)(H,17,18). The largest absolute Gasteiger partial charge is 0.480 e. The number of methoxy groups -OCH3 is 1. The van der Waals surface area contributed by atoms with Crippen molar-refractivity contribution in [3.63, 3.8) is 0 Å². The minimum atomic E-state index is -1.04. The second kappa shape index (κ2) is 8.20. The van der Waals surface area contributed by atoms with E-state index in [1.54, 1.807) is 7.11 Å². The maximum absolute atomic E-state index is 11.6.